The van der Waals surface area contributed by atoms with Crippen LogP contribution in [0.15, 0.2) is 54.6 Å². The SMILES string of the molecule is COc1cccc2c(NC3CCN(C(=O)c4ccccc4)C3)cc(C)nc12. The first-order valence-corrected chi connectivity index (χ1v) is 9.21. The van der Waals surface area contributed by atoms with Crippen molar-refractivity contribution in [1.82, 2.24) is 9.88 Å². The number of aromatic nitrogens is 1. The van der Waals surface area contributed by atoms with Crippen molar-refractivity contribution in [3.8, 4) is 5.75 Å². The zero-order valence-electron chi connectivity index (χ0n) is 15.6. The topological polar surface area (TPSA) is 54.5 Å². The molecule has 5 heteroatoms. The predicted molar refractivity (Wildman–Crippen MR) is 107 cm³/mol. The Balaban J connectivity index is 1.55. The van der Waals surface area contributed by atoms with Crippen LogP contribution >= 0.6 is 0 Å². The number of hydrogen-bond acceptors (Lipinski definition) is 4. The lowest BCUT2D eigenvalue weighted by Crippen LogP contribution is -2.31. The van der Waals surface area contributed by atoms with Crippen LogP contribution in [0.2, 0.25) is 0 Å². The average Bonchev–Trinajstić information content (AvgIpc) is 3.16. The summed E-state index contributed by atoms with van der Waals surface area (Å²) in [6.07, 6.45) is 0.922. The van der Waals surface area contributed by atoms with Crippen LogP contribution in [0.1, 0.15) is 22.5 Å². The molecular weight excluding hydrogens is 338 g/mol. The first-order chi connectivity index (χ1) is 13.2. The van der Waals surface area contributed by atoms with Crippen molar-refractivity contribution >= 4 is 22.5 Å². The van der Waals surface area contributed by atoms with E-state index in [0.717, 1.165) is 46.6 Å². The van der Waals surface area contributed by atoms with Crippen LogP contribution in [0, 0.1) is 6.92 Å². The Morgan fingerprint density at radius 1 is 1.19 bits per heavy atom. The molecule has 0 bridgehead atoms. The van der Waals surface area contributed by atoms with Crippen molar-refractivity contribution in [2.75, 3.05) is 25.5 Å². The summed E-state index contributed by atoms with van der Waals surface area (Å²) in [4.78, 5) is 19.2. The molecule has 138 valence electrons. The maximum Gasteiger partial charge on any atom is 0.253 e. The highest BCUT2D eigenvalue weighted by atomic mass is 16.5. The molecule has 1 fully saturated rings. The third-order valence-electron chi connectivity index (χ3n) is 5.01. The molecule has 0 aliphatic carbocycles. The number of para-hydroxylation sites is 1. The van der Waals surface area contributed by atoms with Crippen molar-refractivity contribution in [3.05, 3.63) is 65.9 Å². The Bertz CT molecular complexity index is 972. The fourth-order valence-corrected chi connectivity index (χ4v) is 3.68. The zero-order valence-corrected chi connectivity index (χ0v) is 15.6. The molecule has 4 rings (SSSR count). The van der Waals surface area contributed by atoms with Crippen molar-refractivity contribution in [2.24, 2.45) is 0 Å². The molecule has 2 aromatic carbocycles. The lowest BCUT2D eigenvalue weighted by molar-refractivity contribution is 0.0791. The Kier molecular flexibility index (Phi) is 4.67. The van der Waals surface area contributed by atoms with Gasteiger partial charge < -0.3 is 15.0 Å². The van der Waals surface area contributed by atoms with Crippen LogP contribution in [-0.2, 0) is 0 Å². The van der Waals surface area contributed by atoms with Gasteiger partial charge in [0.2, 0.25) is 0 Å². The van der Waals surface area contributed by atoms with Gasteiger partial charge in [-0.2, -0.15) is 0 Å². The zero-order chi connectivity index (χ0) is 18.8. The minimum atomic E-state index is 0.0948. The number of ether oxygens (including phenoxy) is 1. The van der Waals surface area contributed by atoms with Gasteiger partial charge >= 0.3 is 0 Å². The molecule has 0 saturated carbocycles. The Hall–Kier alpha value is -3.08. The van der Waals surface area contributed by atoms with Crippen LogP contribution in [0.4, 0.5) is 5.69 Å². The summed E-state index contributed by atoms with van der Waals surface area (Å²) in [6.45, 7) is 3.44. The second-order valence-electron chi connectivity index (χ2n) is 6.91. The summed E-state index contributed by atoms with van der Waals surface area (Å²) in [5, 5.41) is 4.66. The number of anilines is 1. The van der Waals surface area contributed by atoms with E-state index in [1.165, 1.54) is 0 Å². The highest BCUT2D eigenvalue weighted by Gasteiger charge is 2.27. The van der Waals surface area contributed by atoms with Gasteiger partial charge in [-0.1, -0.05) is 30.3 Å². The number of likely N-dealkylation sites (tertiary alicyclic amines) is 1. The van der Waals surface area contributed by atoms with E-state index in [1.807, 2.05) is 54.3 Å². The molecule has 1 aliphatic rings. The lowest BCUT2D eigenvalue weighted by atomic mass is 10.1. The summed E-state index contributed by atoms with van der Waals surface area (Å²) >= 11 is 0. The smallest absolute Gasteiger partial charge is 0.253 e. The van der Waals surface area contributed by atoms with Gasteiger partial charge in [-0.05, 0) is 37.6 Å². The predicted octanol–water partition coefficient (Wildman–Crippen LogP) is 3.88. The second kappa shape index (κ2) is 7.27. The fraction of sp³-hybridized carbons (Fsp3) is 0.273. The number of amides is 1. The summed E-state index contributed by atoms with van der Waals surface area (Å²) < 4.78 is 5.46. The van der Waals surface area contributed by atoms with Crippen molar-refractivity contribution in [3.63, 3.8) is 0 Å². The van der Waals surface area contributed by atoms with Crippen LogP contribution in [-0.4, -0.2) is 42.0 Å². The fourth-order valence-electron chi connectivity index (χ4n) is 3.68. The average molecular weight is 361 g/mol. The third kappa shape index (κ3) is 3.45. The number of hydrogen-bond donors (Lipinski definition) is 1. The van der Waals surface area contributed by atoms with E-state index in [9.17, 15) is 4.79 Å². The molecule has 0 radical (unpaired) electrons. The van der Waals surface area contributed by atoms with Gasteiger partial charge in [0.25, 0.3) is 5.91 Å². The molecule has 1 aliphatic heterocycles. The third-order valence-corrected chi connectivity index (χ3v) is 5.01. The van der Waals surface area contributed by atoms with Crippen LogP contribution in [0.25, 0.3) is 10.9 Å². The number of carbonyl (C=O) groups excluding carboxylic acids is 1. The van der Waals surface area contributed by atoms with E-state index in [-0.39, 0.29) is 11.9 Å². The minimum absolute atomic E-state index is 0.0948. The molecule has 2 heterocycles. The summed E-state index contributed by atoms with van der Waals surface area (Å²) in [7, 11) is 1.66. The number of nitrogens with one attached hydrogen (secondary N) is 1. The number of methoxy groups -OCH3 is 1. The number of benzene rings is 2. The molecule has 3 aromatic rings. The molecule has 5 nitrogen and oxygen atoms in total. The van der Waals surface area contributed by atoms with Gasteiger partial charge in [-0.15, -0.1) is 0 Å². The number of rotatable bonds is 4. The molecule has 1 unspecified atom stereocenters. The number of aryl methyl sites for hydroxylation is 1. The molecule has 1 saturated heterocycles. The minimum Gasteiger partial charge on any atom is -0.494 e. The number of pyridine rings is 1. The van der Waals surface area contributed by atoms with Gasteiger partial charge in [0, 0.05) is 41.5 Å². The maximum atomic E-state index is 12.7. The normalized spacial score (nSPS) is 16.5. The molecule has 1 aromatic heterocycles. The lowest BCUT2D eigenvalue weighted by Gasteiger charge is -2.19. The van der Waals surface area contributed by atoms with Crippen molar-refractivity contribution in [2.45, 2.75) is 19.4 Å². The van der Waals surface area contributed by atoms with Crippen molar-refractivity contribution in [1.29, 1.82) is 0 Å². The van der Waals surface area contributed by atoms with Gasteiger partial charge in [0.1, 0.15) is 11.3 Å². The summed E-state index contributed by atoms with van der Waals surface area (Å²) in [5.74, 6) is 0.865. The van der Waals surface area contributed by atoms with E-state index in [0.29, 0.717) is 6.54 Å². The molecule has 27 heavy (non-hydrogen) atoms. The van der Waals surface area contributed by atoms with E-state index in [1.54, 1.807) is 7.11 Å². The Morgan fingerprint density at radius 2 is 2.00 bits per heavy atom. The molecular formula is C22H23N3O2. The monoisotopic (exact) mass is 361 g/mol. The van der Waals surface area contributed by atoms with Crippen LogP contribution in [0.5, 0.6) is 5.75 Å². The molecule has 1 N–H and O–H groups in total. The number of carbonyl (C=O) groups is 1. The van der Waals surface area contributed by atoms with Gasteiger partial charge in [-0.25, -0.2) is 4.98 Å². The summed E-state index contributed by atoms with van der Waals surface area (Å²) in [5.41, 5.74) is 3.57. The Morgan fingerprint density at radius 3 is 2.78 bits per heavy atom. The number of nitrogens with zero attached hydrogens (tertiary/aromatic N) is 2. The molecule has 0 spiro atoms. The van der Waals surface area contributed by atoms with E-state index >= 15 is 0 Å². The molecule has 1 atom stereocenters. The van der Waals surface area contributed by atoms with E-state index in [4.69, 9.17) is 4.74 Å². The molecule has 1 amide bonds. The first kappa shape index (κ1) is 17.3. The van der Waals surface area contributed by atoms with Gasteiger partial charge in [-0.3, -0.25) is 4.79 Å². The maximum absolute atomic E-state index is 12.7. The van der Waals surface area contributed by atoms with E-state index < -0.39 is 0 Å². The highest BCUT2D eigenvalue weighted by molar-refractivity contribution is 5.96. The quantitative estimate of drug-likeness (QED) is 0.766. The second-order valence-corrected chi connectivity index (χ2v) is 6.91. The van der Waals surface area contributed by atoms with Crippen LogP contribution in [0.3, 0.4) is 0 Å². The van der Waals surface area contributed by atoms with Crippen LogP contribution < -0.4 is 10.1 Å². The Labute approximate surface area is 159 Å². The largest absolute Gasteiger partial charge is 0.494 e. The van der Waals surface area contributed by atoms with Crippen molar-refractivity contribution < 1.29 is 9.53 Å². The van der Waals surface area contributed by atoms with Gasteiger partial charge in [0.05, 0.1) is 7.11 Å². The van der Waals surface area contributed by atoms with E-state index in [2.05, 4.69) is 22.4 Å². The highest BCUT2D eigenvalue weighted by Crippen LogP contribution is 2.31. The first-order valence-electron chi connectivity index (χ1n) is 9.21. The summed E-state index contributed by atoms with van der Waals surface area (Å²) in [6, 6.07) is 17.7. The standard InChI is InChI=1S/C22H23N3O2/c1-15-13-19(18-9-6-10-20(27-2)21(18)23-15)24-17-11-12-25(14-17)22(26)16-7-4-3-5-8-16/h3-10,13,17H,11-12,14H2,1-2H3,(H,23,24). The van der Waals surface area contributed by atoms with Gasteiger partial charge in [0.15, 0.2) is 0 Å². The number of fused-ring (bicyclic) bond motifs is 1.